The minimum Gasteiger partial charge on any atom is -0.349 e. The van der Waals surface area contributed by atoms with Gasteiger partial charge < -0.3 is 10.1 Å². The van der Waals surface area contributed by atoms with E-state index in [9.17, 15) is 14.0 Å². The Kier molecular flexibility index (Phi) is 6.17. The molecule has 6 nitrogen and oxygen atoms in total. The third kappa shape index (κ3) is 4.97. The molecule has 0 unspecified atom stereocenters. The molecule has 0 aliphatic heterocycles. The molecule has 0 spiro atoms. The van der Waals surface area contributed by atoms with Gasteiger partial charge in [0.15, 0.2) is 0 Å². The summed E-state index contributed by atoms with van der Waals surface area (Å²) in [4.78, 5) is 27.1. The molecule has 1 amide bonds. The first-order valence-corrected chi connectivity index (χ1v) is 7.94. The van der Waals surface area contributed by atoms with Crippen molar-refractivity contribution in [3.8, 4) is 5.69 Å². The topological polar surface area (TPSA) is 76.9 Å². The zero-order chi connectivity index (χ0) is 17.5. The minimum absolute atomic E-state index is 0.0839. The Bertz CT molecular complexity index is 710. The van der Waals surface area contributed by atoms with Crippen molar-refractivity contribution in [2.45, 2.75) is 39.5 Å². The molecule has 2 rings (SSSR count). The molecule has 0 fully saturated rings. The summed E-state index contributed by atoms with van der Waals surface area (Å²) in [6.07, 6.45) is 3.10. The summed E-state index contributed by atoms with van der Waals surface area (Å²) in [7, 11) is 0. The number of aromatic nitrogens is 3. The van der Waals surface area contributed by atoms with Gasteiger partial charge in [-0.1, -0.05) is 6.42 Å². The van der Waals surface area contributed by atoms with Crippen LogP contribution in [0.25, 0.3) is 5.69 Å². The van der Waals surface area contributed by atoms with Gasteiger partial charge in [-0.2, -0.15) is 0 Å². The number of benzene rings is 1. The fourth-order valence-corrected chi connectivity index (χ4v) is 2.27. The summed E-state index contributed by atoms with van der Waals surface area (Å²) in [5.41, 5.74) is 0.643. The molecule has 1 aromatic carbocycles. The molecule has 0 bridgehead atoms. The van der Waals surface area contributed by atoms with E-state index in [1.807, 2.05) is 0 Å². The Morgan fingerprint density at radius 3 is 2.54 bits per heavy atom. The summed E-state index contributed by atoms with van der Waals surface area (Å²) < 4.78 is 14.5. The third-order valence-electron chi connectivity index (χ3n) is 3.53. The number of carbonyl (C=O) groups excluding carboxylic acids is 2. The number of nitrogens with zero attached hydrogens (tertiary/aromatic N) is 3. The van der Waals surface area contributed by atoms with Crippen LogP contribution in [0.4, 0.5) is 4.39 Å². The van der Waals surface area contributed by atoms with Crippen LogP contribution >= 0.6 is 0 Å². The number of nitrogens with one attached hydrogen (secondary N) is 1. The molecular weight excluding hydrogens is 311 g/mol. The maximum atomic E-state index is 13.0. The summed E-state index contributed by atoms with van der Waals surface area (Å²) in [5.74, 6) is 0.142. The maximum Gasteiger partial charge on any atom is 0.290 e. The molecule has 0 atom stereocenters. The van der Waals surface area contributed by atoms with E-state index in [4.69, 9.17) is 0 Å². The first kappa shape index (κ1) is 17.8. The average Bonchev–Trinajstić information content (AvgIpc) is 2.93. The highest BCUT2D eigenvalue weighted by Gasteiger charge is 2.14. The van der Waals surface area contributed by atoms with Gasteiger partial charge in [0, 0.05) is 13.0 Å². The van der Waals surface area contributed by atoms with Gasteiger partial charge in [-0.25, -0.2) is 14.1 Å². The van der Waals surface area contributed by atoms with Crippen LogP contribution in [0.15, 0.2) is 24.3 Å². The van der Waals surface area contributed by atoms with Gasteiger partial charge in [-0.05, 0) is 51.0 Å². The second kappa shape index (κ2) is 8.33. The van der Waals surface area contributed by atoms with Crippen LogP contribution in [0.2, 0.25) is 0 Å². The van der Waals surface area contributed by atoms with Crippen LogP contribution in [-0.2, 0) is 4.79 Å². The lowest BCUT2D eigenvalue weighted by Crippen LogP contribution is -2.25. The number of ketones is 1. The van der Waals surface area contributed by atoms with Crippen molar-refractivity contribution >= 4 is 11.7 Å². The van der Waals surface area contributed by atoms with E-state index in [-0.39, 0.29) is 23.3 Å². The number of carbonyl (C=O) groups is 2. The number of hydrogen-bond acceptors (Lipinski definition) is 4. The number of halogens is 1. The molecule has 24 heavy (non-hydrogen) atoms. The second-order valence-corrected chi connectivity index (χ2v) is 5.64. The number of aryl methyl sites for hydroxylation is 1. The van der Waals surface area contributed by atoms with Crippen molar-refractivity contribution in [3.05, 3.63) is 41.7 Å². The molecule has 0 aliphatic rings. The van der Waals surface area contributed by atoms with E-state index < -0.39 is 0 Å². The largest absolute Gasteiger partial charge is 0.349 e. The van der Waals surface area contributed by atoms with E-state index in [0.717, 1.165) is 19.3 Å². The van der Waals surface area contributed by atoms with Crippen molar-refractivity contribution in [2.75, 3.05) is 6.54 Å². The number of Topliss-reactive ketones (excluding diaryl/α,β-unsaturated/α-hetero) is 1. The number of amides is 1. The highest BCUT2D eigenvalue weighted by molar-refractivity contribution is 5.90. The molecular formula is C17H21FN4O2. The van der Waals surface area contributed by atoms with E-state index in [2.05, 4.69) is 15.4 Å². The first-order valence-electron chi connectivity index (χ1n) is 7.94. The summed E-state index contributed by atoms with van der Waals surface area (Å²) in [6.45, 7) is 3.82. The van der Waals surface area contributed by atoms with Crippen LogP contribution < -0.4 is 5.32 Å². The summed E-state index contributed by atoms with van der Waals surface area (Å²) >= 11 is 0. The van der Waals surface area contributed by atoms with Gasteiger partial charge in [-0.15, -0.1) is 5.10 Å². The Morgan fingerprint density at radius 2 is 1.88 bits per heavy atom. The normalized spacial score (nSPS) is 10.6. The lowest BCUT2D eigenvalue weighted by molar-refractivity contribution is -0.117. The fraction of sp³-hybridized carbons (Fsp3) is 0.412. The lowest BCUT2D eigenvalue weighted by atomic mass is 10.1. The van der Waals surface area contributed by atoms with E-state index in [1.54, 1.807) is 26.0 Å². The molecule has 1 heterocycles. The molecule has 128 valence electrons. The third-order valence-corrected chi connectivity index (χ3v) is 3.53. The molecule has 0 saturated carbocycles. The molecule has 7 heteroatoms. The van der Waals surface area contributed by atoms with E-state index in [0.29, 0.717) is 24.5 Å². The Hall–Kier alpha value is -2.57. The van der Waals surface area contributed by atoms with Gasteiger partial charge in [0.05, 0.1) is 5.69 Å². The van der Waals surface area contributed by atoms with Crippen LogP contribution in [-0.4, -0.2) is 33.0 Å². The summed E-state index contributed by atoms with van der Waals surface area (Å²) in [5, 5.41) is 6.94. The zero-order valence-corrected chi connectivity index (χ0v) is 13.9. The monoisotopic (exact) mass is 332 g/mol. The van der Waals surface area contributed by atoms with Crippen LogP contribution in [0.3, 0.4) is 0 Å². The van der Waals surface area contributed by atoms with Crippen molar-refractivity contribution < 1.29 is 14.0 Å². The van der Waals surface area contributed by atoms with E-state index >= 15 is 0 Å². The van der Waals surface area contributed by atoms with Crippen molar-refractivity contribution in [2.24, 2.45) is 0 Å². The Labute approximate surface area is 140 Å². The SMILES string of the molecule is CC(=O)CCCCCNC(=O)c1nc(C)n(-c2ccc(F)cc2)n1. The molecule has 1 aromatic heterocycles. The number of rotatable bonds is 8. The van der Waals surface area contributed by atoms with Gasteiger partial charge in [0.25, 0.3) is 5.91 Å². The summed E-state index contributed by atoms with van der Waals surface area (Å²) in [6, 6.07) is 5.82. The number of hydrogen-bond donors (Lipinski definition) is 1. The predicted octanol–water partition coefficient (Wildman–Crippen LogP) is 2.59. The molecule has 1 N–H and O–H groups in total. The average molecular weight is 332 g/mol. The van der Waals surface area contributed by atoms with Crippen LogP contribution in [0.5, 0.6) is 0 Å². The maximum absolute atomic E-state index is 13.0. The quantitative estimate of drug-likeness (QED) is 0.754. The Morgan fingerprint density at radius 1 is 1.17 bits per heavy atom. The highest BCUT2D eigenvalue weighted by atomic mass is 19.1. The predicted molar refractivity (Wildman–Crippen MR) is 87.5 cm³/mol. The van der Waals surface area contributed by atoms with E-state index in [1.165, 1.54) is 16.8 Å². The molecule has 0 aliphatic carbocycles. The van der Waals surface area contributed by atoms with Gasteiger partial charge in [0.1, 0.15) is 17.4 Å². The van der Waals surface area contributed by atoms with Crippen LogP contribution in [0, 0.1) is 12.7 Å². The second-order valence-electron chi connectivity index (χ2n) is 5.64. The fourth-order valence-electron chi connectivity index (χ4n) is 2.27. The lowest BCUT2D eigenvalue weighted by Gasteiger charge is -2.03. The van der Waals surface area contributed by atoms with Crippen molar-refractivity contribution in [1.82, 2.24) is 20.1 Å². The first-order chi connectivity index (χ1) is 11.5. The van der Waals surface area contributed by atoms with Gasteiger partial charge in [0.2, 0.25) is 5.82 Å². The van der Waals surface area contributed by atoms with Crippen LogP contribution in [0.1, 0.15) is 49.1 Å². The molecule has 0 radical (unpaired) electrons. The Balaban J connectivity index is 1.88. The zero-order valence-electron chi connectivity index (χ0n) is 13.9. The van der Waals surface area contributed by atoms with Crippen molar-refractivity contribution in [1.29, 1.82) is 0 Å². The van der Waals surface area contributed by atoms with Gasteiger partial charge in [-0.3, -0.25) is 4.79 Å². The standard InChI is InChI=1S/C17H21FN4O2/c1-12(23)6-4-3-5-11-19-17(24)16-20-13(2)22(21-16)15-9-7-14(18)8-10-15/h7-10H,3-6,11H2,1-2H3,(H,19,24). The number of unbranched alkanes of at least 4 members (excludes halogenated alkanes) is 2. The molecule has 0 saturated heterocycles. The smallest absolute Gasteiger partial charge is 0.290 e. The van der Waals surface area contributed by atoms with Gasteiger partial charge >= 0.3 is 0 Å². The van der Waals surface area contributed by atoms with Crippen molar-refractivity contribution in [3.63, 3.8) is 0 Å². The minimum atomic E-state index is -0.342. The molecule has 2 aromatic rings. The highest BCUT2D eigenvalue weighted by Crippen LogP contribution is 2.10.